The lowest BCUT2D eigenvalue weighted by atomic mass is 10.2. The van der Waals surface area contributed by atoms with Gasteiger partial charge in [-0.15, -0.1) is 11.3 Å². The number of esters is 1. The van der Waals surface area contributed by atoms with Crippen molar-refractivity contribution in [2.24, 2.45) is 5.73 Å². The van der Waals surface area contributed by atoms with Crippen LogP contribution in [-0.4, -0.2) is 37.1 Å². The molecule has 26 heavy (non-hydrogen) atoms. The molecule has 0 fully saturated rings. The topological polar surface area (TPSA) is 117 Å². The number of carbonyl (C=O) groups excluding carboxylic acids is 3. The van der Waals surface area contributed by atoms with Gasteiger partial charge in [-0.25, -0.2) is 4.79 Å². The van der Waals surface area contributed by atoms with Crippen molar-refractivity contribution in [2.45, 2.75) is 13.0 Å². The maximum absolute atomic E-state index is 12.3. The Bertz CT molecular complexity index is 863. The smallest absolute Gasteiger partial charge is 0.339 e. The molecule has 1 unspecified atom stereocenters. The first-order chi connectivity index (χ1) is 12.5. The van der Waals surface area contributed by atoms with E-state index in [4.69, 9.17) is 19.9 Å². The Morgan fingerprint density at radius 1 is 1.19 bits per heavy atom. The molecule has 8 nitrogen and oxygen atoms in total. The molecule has 3 rings (SSSR count). The highest BCUT2D eigenvalue weighted by atomic mass is 32.1. The number of nitrogens with one attached hydrogen (secondary N) is 1. The molecule has 0 spiro atoms. The quantitative estimate of drug-likeness (QED) is 0.769. The van der Waals surface area contributed by atoms with E-state index in [-0.39, 0.29) is 11.1 Å². The van der Waals surface area contributed by atoms with Gasteiger partial charge < -0.3 is 25.3 Å². The molecular formula is C17H16N2O6S. The molecule has 9 heteroatoms. The number of benzene rings is 1. The fourth-order valence-electron chi connectivity index (χ4n) is 2.27. The second kappa shape index (κ2) is 7.44. The van der Waals surface area contributed by atoms with Gasteiger partial charge in [0.1, 0.15) is 18.2 Å². The van der Waals surface area contributed by atoms with Gasteiger partial charge in [-0.1, -0.05) is 0 Å². The maximum Gasteiger partial charge on any atom is 0.339 e. The molecule has 0 radical (unpaired) electrons. The summed E-state index contributed by atoms with van der Waals surface area (Å²) < 4.78 is 16.0. The van der Waals surface area contributed by atoms with Gasteiger partial charge in [0.15, 0.2) is 17.6 Å². The SMILES string of the molecule is CC(OC(=O)c1ccc2c(c1)OCCO2)C(=O)Nc1sccc1C(N)=O. The number of ether oxygens (including phenoxy) is 3. The predicted molar refractivity (Wildman–Crippen MR) is 93.8 cm³/mol. The van der Waals surface area contributed by atoms with Crippen molar-refractivity contribution in [2.75, 3.05) is 18.5 Å². The Morgan fingerprint density at radius 3 is 2.65 bits per heavy atom. The third-order valence-corrected chi connectivity index (χ3v) is 4.43. The molecule has 0 aliphatic carbocycles. The summed E-state index contributed by atoms with van der Waals surface area (Å²) in [4.78, 5) is 35.7. The second-order valence-corrected chi connectivity index (χ2v) is 6.34. The Morgan fingerprint density at radius 2 is 1.92 bits per heavy atom. The minimum Gasteiger partial charge on any atom is -0.486 e. The molecule has 1 aromatic carbocycles. The summed E-state index contributed by atoms with van der Waals surface area (Å²) in [6, 6.07) is 6.16. The standard InChI is InChI=1S/C17H16N2O6S/c1-9(15(21)19-16-11(14(18)20)4-7-26-16)25-17(22)10-2-3-12-13(8-10)24-6-5-23-12/h2-4,7-9H,5-6H2,1H3,(H2,18,20)(H,19,21). The molecule has 1 aromatic heterocycles. The van der Waals surface area contributed by atoms with Gasteiger partial charge in [0.2, 0.25) is 0 Å². The van der Waals surface area contributed by atoms with Crippen LogP contribution in [0.1, 0.15) is 27.6 Å². The van der Waals surface area contributed by atoms with E-state index in [0.29, 0.717) is 29.7 Å². The third-order valence-electron chi connectivity index (χ3n) is 3.60. The highest BCUT2D eigenvalue weighted by Gasteiger charge is 2.22. The minimum absolute atomic E-state index is 0.203. The van der Waals surface area contributed by atoms with Crippen molar-refractivity contribution in [3.05, 3.63) is 40.8 Å². The lowest BCUT2D eigenvalue weighted by Crippen LogP contribution is -2.30. The molecule has 136 valence electrons. The zero-order chi connectivity index (χ0) is 18.7. The number of carbonyl (C=O) groups is 3. The molecule has 2 aromatic rings. The molecule has 3 N–H and O–H groups in total. The van der Waals surface area contributed by atoms with E-state index in [0.717, 1.165) is 11.3 Å². The first-order valence-electron chi connectivity index (χ1n) is 7.74. The largest absolute Gasteiger partial charge is 0.486 e. The van der Waals surface area contributed by atoms with Crippen LogP contribution in [-0.2, 0) is 9.53 Å². The number of amides is 2. The summed E-state index contributed by atoms with van der Waals surface area (Å²) in [5, 5.41) is 4.47. The summed E-state index contributed by atoms with van der Waals surface area (Å²) in [6.45, 7) is 2.28. The monoisotopic (exact) mass is 376 g/mol. The zero-order valence-electron chi connectivity index (χ0n) is 13.8. The number of fused-ring (bicyclic) bond motifs is 1. The van der Waals surface area contributed by atoms with Crippen LogP contribution in [0.25, 0.3) is 0 Å². The first-order valence-corrected chi connectivity index (χ1v) is 8.62. The number of anilines is 1. The van der Waals surface area contributed by atoms with Crippen LogP contribution in [0.4, 0.5) is 5.00 Å². The van der Waals surface area contributed by atoms with Crippen molar-refractivity contribution in [3.63, 3.8) is 0 Å². The molecule has 0 saturated carbocycles. The summed E-state index contributed by atoms with van der Waals surface area (Å²) in [7, 11) is 0. The van der Waals surface area contributed by atoms with E-state index in [1.165, 1.54) is 25.1 Å². The van der Waals surface area contributed by atoms with Crippen molar-refractivity contribution in [3.8, 4) is 11.5 Å². The zero-order valence-corrected chi connectivity index (χ0v) is 14.6. The fourth-order valence-corrected chi connectivity index (χ4v) is 3.06. The summed E-state index contributed by atoms with van der Waals surface area (Å²) in [5.74, 6) is -0.892. The Labute approximate surface area is 152 Å². The molecular weight excluding hydrogens is 360 g/mol. The number of hydrogen-bond acceptors (Lipinski definition) is 7. The minimum atomic E-state index is -1.07. The lowest BCUT2D eigenvalue weighted by Gasteiger charge is -2.19. The van der Waals surface area contributed by atoms with Crippen LogP contribution in [0.3, 0.4) is 0 Å². The Hall–Kier alpha value is -3.07. The van der Waals surface area contributed by atoms with E-state index in [1.54, 1.807) is 11.4 Å². The van der Waals surface area contributed by atoms with Gasteiger partial charge in [0.25, 0.3) is 11.8 Å². The highest BCUT2D eigenvalue weighted by Crippen LogP contribution is 2.31. The van der Waals surface area contributed by atoms with Crippen molar-refractivity contribution in [1.29, 1.82) is 0 Å². The van der Waals surface area contributed by atoms with Crippen LogP contribution in [0.2, 0.25) is 0 Å². The number of hydrogen-bond donors (Lipinski definition) is 2. The summed E-state index contributed by atoms with van der Waals surface area (Å²) >= 11 is 1.15. The Kier molecular flexibility index (Phi) is 5.08. The molecule has 1 atom stereocenters. The summed E-state index contributed by atoms with van der Waals surface area (Å²) in [5.41, 5.74) is 5.67. The highest BCUT2D eigenvalue weighted by molar-refractivity contribution is 7.14. The van der Waals surface area contributed by atoms with Crippen LogP contribution >= 0.6 is 11.3 Å². The van der Waals surface area contributed by atoms with Crippen LogP contribution < -0.4 is 20.5 Å². The number of rotatable bonds is 5. The van der Waals surface area contributed by atoms with Gasteiger partial charge in [0, 0.05) is 0 Å². The molecule has 2 heterocycles. The van der Waals surface area contributed by atoms with Crippen LogP contribution in [0.15, 0.2) is 29.6 Å². The van der Waals surface area contributed by atoms with Crippen LogP contribution in [0.5, 0.6) is 11.5 Å². The Balaban J connectivity index is 1.64. The first kappa shape index (κ1) is 17.7. The number of primary amides is 1. The van der Waals surface area contributed by atoms with Gasteiger partial charge in [-0.05, 0) is 36.6 Å². The average Bonchev–Trinajstić information content (AvgIpc) is 3.09. The van der Waals surface area contributed by atoms with Gasteiger partial charge in [0.05, 0.1) is 11.1 Å². The average molecular weight is 376 g/mol. The summed E-state index contributed by atoms with van der Waals surface area (Å²) in [6.07, 6.45) is -1.07. The van der Waals surface area contributed by atoms with Crippen molar-refractivity contribution in [1.82, 2.24) is 0 Å². The molecule has 0 saturated heterocycles. The molecule has 1 aliphatic rings. The molecule has 2 amide bonds. The normalized spacial score (nSPS) is 13.6. The van der Waals surface area contributed by atoms with E-state index in [9.17, 15) is 14.4 Å². The lowest BCUT2D eigenvalue weighted by molar-refractivity contribution is -0.123. The van der Waals surface area contributed by atoms with Gasteiger partial charge >= 0.3 is 5.97 Å². The van der Waals surface area contributed by atoms with E-state index >= 15 is 0 Å². The number of thiophene rings is 1. The maximum atomic E-state index is 12.3. The molecule has 1 aliphatic heterocycles. The predicted octanol–water partition coefficient (Wildman–Crippen LogP) is 1.80. The van der Waals surface area contributed by atoms with Gasteiger partial charge in [-0.3, -0.25) is 9.59 Å². The van der Waals surface area contributed by atoms with E-state index in [2.05, 4.69) is 5.32 Å². The third kappa shape index (κ3) is 3.77. The second-order valence-electron chi connectivity index (χ2n) is 5.42. The van der Waals surface area contributed by atoms with E-state index in [1.807, 2.05) is 0 Å². The van der Waals surface area contributed by atoms with Crippen molar-refractivity contribution >= 4 is 34.1 Å². The van der Waals surface area contributed by atoms with Crippen LogP contribution in [0, 0.1) is 0 Å². The van der Waals surface area contributed by atoms with Gasteiger partial charge in [-0.2, -0.15) is 0 Å². The van der Waals surface area contributed by atoms with E-state index < -0.39 is 23.9 Å². The number of nitrogens with two attached hydrogens (primary N) is 1. The van der Waals surface area contributed by atoms with Crippen molar-refractivity contribution < 1.29 is 28.6 Å². The molecule has 0 bridgehead atoms. The fraction of sp³-hybridized carbons (Fsp3) is 0.235.